The van der Waals surface area contributed by atoms with Crippen molar-refractivity contribution in [3.63, 3.8) is 0 Å². The number of rotatable bonds is 4. The van der Waals surface area contributed by atoms with E-state index in [2.05, 4.69) is 10.3 Å². The third kappa shape index (κ3) is 3.05. The largest absolute Gasteiger partial charge is 0.377 e. The van der Waals surface area contributed by atoms with E-state index < -0.39 is 16.4 Å². The Bertz CT molecular complexity index is 615. The van der Waals surface area contributed by atoms with E-state index >= 15 is 0 Å². The lowest BCUT2D eigenvalue weighted by Crippen LogP contribution is -2.07. The standard InChI is InChI=1S/C12H12FN3O2S/c1-7(11-6-19-8(2)15-11)14-9-3-4-10(13)12(5-9)16(17)18/h3-7,14H,1-2H3. The van der Waals surface area contributed by atoms with Crippen LogP contribution in [0, 0.1) is 22.9 Å². The van der Waals surface area contributed by atoms with Gasteiger partial charge in [-0.05, 0) is 26.0 Å². The van der Waals surface area contributed by atoms with Crippen LogP contribution in [0.1, 0.15) is 23.7 Å². The molecule has 100 valence electrons. The molecular formula is C12H12FN3O2S. The average Bonchev–Trinajstić information content (AvgIpc) is 2.78. The van der Waals surface area contributed by atoms with Gasteiger partial charge in [-0.1, -0.05) is 0 Å². The third-order valence-corrected chi connectivity index (χ3v) is 3.40. The van der Waals surface area contributed by atoms with Crippen LogP contribution in [0.3, 0.4) is 0 Å². The highest BCUT2D eigenvalue weighted by molar-refractivity contribution is 7.09. The number of halogens is 1. The van der Waals surface area contributed by atoms with Gasteiger partial charge in [0.15, 0.2) is 0 Å². The van der Waals surface area contributed by atoms with E-state index in [1.54, 1.807) is 0 Å². The van der Waals surface area contributed by atoms with Crippen LogP contribution < -0.4 is 5.32 Å². The van der Waals surface area contributed by atoms with Crippen molar-refractivity contribution in [1.82, 2.24) is 4.98 Å². The first kappa shape index (κ1) is 13.4. The van der Waals surface area contributed by atoms with Crippen molar-refractivity contribution >= 4 is 22.7 Å². The number of nitro benzene ring substituents is 1. The minimum absolute atomic E-state index is 0.102. The summed E-state index contributed by atoms with van der Waals surface area (Å²) < 4.78 is 13.2. The van der Waals surface area contributed by atoms with Crippen molar-refractivity contribution in [1.29, 1.82) is 0 Å². The van der Waals surface area contributed by atoms with Crippen LogP contribution in [-0.4, -0.2) is 9.91 Å². The maximum atomic E-state index is 13.2. The molecule has 0 aliphatic carbocycles. The zero-order valence-corrected chi connectivity index (χ0v) is 11.2. The van der Waals surface area contributed by atoms with Gasteiger partial charge in [-0.2, -0.15) is 4.39 Å². The molecule has 0 saturated heterocycles. The van der Waals surface area contributed by atoms with Crippen LogP contribution >= 0.6 is 11.3 Å². The molecule has 0 aliphatic heterocycles. The van der Waals surface area contributed by atoms with Gasteiger partial charge in [0, 0.05) is 17.1 Å². The highest BCUT2D eigenvalue weighted by Gasteiger charge is 2.16. The molecule has 2 rings (SSSR count). The van der Waals surface area contributed by atoms with Gasteiger partial charge in [-0.15, -0.1) is 11.3 Å². The highest BCUT2D eigenvalue weighted by atomic mass is 32.1. The van der Waals surface area contributed by atoms with Gasteiger partial charge >= 0.3 is 5.69 Å². The summed E-state index contributed by atoms with van der Waals surface area (Å²) in [5.74, 6) is -0.840. The maximum absolute atomic E-state index is 13.2. The number of aromatic nitrogens is 1. The van der Waals surface area contributed by atoms with Crippen molar-refractivity contribution in [2.24, 2.45) is 0 Å². The lowest BCUT2D eigenvalue weighted by atomic mass is 10.2. The van der Waals surface area contributed by atoms with Gasteiger partial charge in [0.05, 0.1) is 21.7 Å². The molecule has 7 heteroatoms. The summed E-state index contributed by atoms with van der Waals surface area (Å²) in [7, 11) is 0. The van der Waals surface area contributed by atoms with Crippen LogP contribution in [-0.2, 0) is 0 Å². The highest BCUT2D eigenvalue weighted by Crippen LogP contribution is 2.25. The van der Waals surface area contributed by atoms with E-state index in [4.69, 9.17) is 0 Å². The number of thiazole rings is 1. The van der Waals surface area contributed by atoms with E-state index in [-0.39, 0.29) is 6.04 Å². The number of nitrogens with one attached hydrogen (secondary N) is 1. The summed E-state index contributed by atoms with van der Waals surface area (Å²) in [4.78, 5) is 14.3. The van der Waals surface area contributed by atoms with Crippen LogP contribution in [0.15, 0.2) is 23.6 Å². The quantitative estimate of drug-likeness (QED) is 0.685. The normalized spacial score (nSPS) is 12.2. The first-order valence-corrected chi connectivity index (χ1v) is 6.48. The zero-order valence-electron chi connectivity index (χ0n) is 10.4. The van der Waals surface area contributed by atoms with Gasteiger partial charge in [0.1, 0.15) is 0 Å². The summed E-state index contributed by atoms with van der Waals surface area (Å²) in [5.41, 5.74) is 0.812. The molecule has 0 fully saturated rings. The molecule has 1 aromatic heterocycles. The van der Waals surface area contributed by atoms with Gasteiger partial charge in [-0.3, -0.25) is 10.1 Å². The Morgan fingerprint density at radius 2 is 2.26 bits per heavy atom. The second-order valence-corrected chi connectivity index (χ2v) is 5.14. The van der Waals surface area contributed by atoms with Crippen molar-refractivity contribution in [3.8, 4) is 0 Å². The molecule has 2 aromatic rings. The molecule has 5 nitrogen and oxygen atoms in total. The SMILES string of the molecule is Cc1nc(C(C)Nc2ccc(F)c([N+](=O)[O-])c2)cs1. The van der Waals surface area contributed by atoms with Gasteiger partial charge in [-0.25, -0.2) is 4.98 Å². The van der Waals surface area contributed by atoms with Crippen LogP contribution in [0.2, 0.25) is 0 Å². The van der Waals surface area contributed by atoms with E-state index in [0.29, 0.717) is 5.69 Å². The Labute approximate surface area is 113 Å². The number of aryl methyl sites for hydroxylation is 1. The number of hydrogen-bond acceptors (Lipinski definition) is 5. The molecular weight excluding hydrogens is 269 g/mol. The fourth-order valence-corrected chi connectivity index (χ4v) is 2.35. The van der Waals surface area contributed by atoms with Gasteiger partial charge in [0.25, 0.3) is 0 Å². The lowest BCUT2D eigenvalue weighted by molar-refractivity contribution is -0.387. The minimum atomic E-state index is -0.840. The van der Waals surface area contributed by atoms with Crippen molar-refractivity contribution in [3.05, 3.63) is 50.2 Å². The smallest absolute Gasteiger partial charge is 0.306 e. The number of nitro groups is 1. The second-order valence-electron chi connectivity index (χ2n) is 4.08. The monoisotopic (exact) mass is 281 g/mol. The van der Waals surface area contributed by atoms with Crippen LogP contribution in [0.25, 0.3) is 0 Å². The summed E-state index contributed by atoms with van der Waals surface area (Å²) in [6.07, 6.45) is 0. The Morgan fingerprint density at radius 3 is 2.84 bits per heavy atom. The Kier molecular flexibility index (Phi) is 3.75. The molecule has 1 N–H and O–H groups in total. The molecule has 0 bridgehead atoms. The summed E-state index contributed by atoms with van der Waals surface area (Å²) >= 11 is 1.53. The first-order valence-electron chi connectivity index (χ1n) is 5.60. The molecule has 0 amide bonds. The molecule has 0 spiro atoms. The van der Waals surface area contributed by atoms with Gasteiger partial charge < -0.3 is 5.32 Å². The summed E-state index contributed by atoms with van der Waals surface area (Å²) in [5, 5.41) is 16.6. The van der Waals surface area contributed by atoms with Crippen molar-refractivity contribution in [2.75, 3.05) is 5.32 Å². The molecule has 0 radical (unpaired) electrons. The Morgan fingerprint density at radius 1 is 1.53 bits per heavy atom. The Hall–Kier alpha value is -2.02. The topological polar surface area (TPSA) is 68.1 Å². The fraction of sp³-hybridized carbons (Fsp3) is 0.250. The van der Waals surface area contributed by atoms with E-state index in [0.717, 1.165) is 16.8 Å². The molecule has 1 aromatic carbocycles. The number of benzene rings is 1. The Balaban J connectivity index is 2.19. The molecule has 19 heavy (non-hydrogen) atoms. The number of hydrogen-bond donors (Lipinski definition) is 1. The van der Waals surface area contributed by atoms with Crippen molar-refractivity contribution in [2.45, 2.75) is 19.9 Å². The predicted octanol–water partition coefficient (Wildman–Crippen LogP) is 3.67. The van der Waals surface area contributed by atoms with Crippen LogP contribution in [0.4, 0.5) is 15.8 Å². The molecule has 0 saturated carbocycles. The predicted molar refractivity (Wildman–Crippen MR) is 71.9 cm³/mol. The minimum Gasteiger partial charge on any atom is -0.377 e. The summed E-state index contributed by atoms with van der Waals surface area (Å²) in [6.45, 7) is 3.80. The molecule has 0 aliphatic rings. The zero-order chi connectivity index (χ0) is 14.0. The average molecular weight is 281 g/mol. The maximum Gasteiger partial charge on any atom is 0.306 e. The molecule has 1 unspecified atom stereocenters. The van der Waals surface area contributed by atoms with E-state index in [1.165, 1.54) is 23.5 Å². The first-order chi connectivity index (χ1) is 8.97. The van der Waals surface area contributed by atoms with E-state index in [9.17, 15) is 14.5 Å². The second kappa shape index (κ2) is 5.31. The third-order valence-electron chi connectivity index (χ3n) is 2.61. The molecule has 1 atom stereocenters. The van der Waals surface area contributed by atoms with Crippen LogP contribution in [0.5, 0.6) is 0 Å². The lowest BCUT2D eigenvalue weighted by Gasteiger charge is -2.12. The van der Waals surface area contributed by atoms with Crippen molar-refractivity contribution < 1.29 is 9.31 Å². The fourth-order valence-electron chi connectivity index (χ4n) is 1.65. The molecule has 1 heterocycles. The summed E-state index contributed by atoms with van der Waals surface area (Å²) in [6, 6.07) is 3.64. The van der Waals surface area contributed by atoms with E-state index in [1.807, 2.05) is 19.2 Å². The number of nitrogens with zero attached hydrogens (tertiary/aromatic N) is 2. The number of anilines is 1. The van der Waals surface area contributed by atoms with Gasteiger partial charge in [0.2, 0.25) is 5.82 Å².